The lowest BCUT2D eigenvalue weighted by molar-refractivity contribution is 0.275. The van der Waals surface area contributed by atoms with Gasteiger partial charge in [0.2, 0.25) is 5.88 Å². The van der Waals surface area contributed by atoms with E-state index in [1.165, 1.54) is 11.0 Å². The van der Waals surface area contributed by atoms with Gasteiger partial charge in [0.1, 0.15) is 17.3 Å². The van der Waals surface area contributed by atoms with Crippen molar-refractivity contribution >= 4 is 31.8 Å². The molecule has 1 atom stereocenters. The molecule has 0 spiro atoms. The molecule has 0 aromatic heterocycles. The molecule has 3 aromatic rings. The lowest BCUT2D eigenvalue weighted by atomic mass is 10.1. The van der Waals surface area contributed by atoms with Crippen LogP contribution in [0.4, 0.5) is 11.4 Å². The van der Waals surface area contributed by atoms with Gasteiger partial charge in [-0.2, -0.15) is 21.1 Å². The van der Waals surface area contributed by atoms with E-state index in [0.717, 1.165) is 11.1 Å². The van der Waals surface area contributed by atoms with Crippen molar-refractivity contribution in [2.24, 2.45) is 0 Å². The minimum absolute atomic E-state index is 0.146. The number of anilines is 2. The first-order valence-electron chi connectivity index (χ1n) is 11.6. The van der Waals surface area contributed by atoms with E-state index in [2.05, 4.69) is 0 Å². The molecule has 0 saturated heterocycles. The highest BCUT2D eigenvalue weighted by Gasteiger charge is 2.36. The van der Waals surface area contributed by atoms with Crippen molar-refractivity contribution in [2.75, 3.05) is 15.1 Å². The van der Waals surface area contributed by atoms with Gasteiger partial charge < -0.3 is 14.4 Å². The second kappa shape index (κ2) is 9.80. The summed E-state index contributed by atoms with van der Waals surface area (Å²) in [5.41, 5.74) is 2.74. The summed E-state index contributed by atoms with van der Waals surface area (Å²) in [5.74, 6) is -0.197. The van der Waals surface area contributed by atoms with E-state index in [1.54, 1.807) is 48.5 Å². The third kappa shape index (κ3) is 5.24. The number of hydrogen-bond donors (Lipinski definition) is 2. The van der Waals surface area contributed by atoms with Crippen molar-refractivity contribution in [1.29, 1.82) is 0 Å². The van der Waals surface area contributed by atoms with Crippen LogP contribution in [0.1, 0.15) is 13.3 Å². The highest BCUT2D eigenvalue weighted by Crippen LogP contribution is 2.44. The molecule has 198 valence electrons. The minimum atomic E-state index is -4.76. The molecule has 2 aliphatic rings. The molecule has 0 aliphatic carbocycles. The van der Waals surface area contributed by atoms with Crippen molar-refractivity contribution in [2.45, 2.75) is 19.6 Å². The predicted octanol–water partition coefficient (Wildman–Crippen LogP) is 4.60. The first-order chi connectivity index (χ1) is 18.0. The van der Waals surface area contributed by atoms with E-state index in [1.807, 2.05) is 37.3 Å². The number of ether oxygens (including phenoxy) is 2. The molecular formula is C26H24N2O8S2. The van der Waals surface area contributed by atoms with Crippen LogP contribution in [-0.2, 0) is 20.4 Å². The van der Waals surface area contributed by atoms with Gasteiger partial charge in [-0.1, -0.05) is 55.5 Å². The molecule has 12 heteroatoms. The molecule has 10 nitrogen and oxygen atoms in total. The zero-order valence-corrected chi connectivity index (χ0v) is 21.8. The van der Waals surface area contributed by atoms with Crippen LogP contribution in [0.3, 0.4) is 0 Å². The Bertz CT molecular complexity index is 1650. The summed E-state index contributed by atoms with van der Waals surface area (Å²) in [4.78, 5) is 1.37. The fraction of sp³-hybridized carbons (Fsp3) is 0.154. The summed E-state index contributed by atoms with van der Waals surface area (Å²) < 4.78 is 80.3. The lowest BCUT2D eigenvalue weighted by Gasteiger charge is -2.22. The lowest BCUT2D eigenvalue weighted by Crippen LogP contribution is -2.37. The summed E-state index contributed by atoms with van der Waals surface area (Å²) in [6.07, 6.45) is 2.51. The van der Waals surface area contributed by atoms with Crippen LogP contribution in [0.15, 0.2) is 96.4 Å². The standard InChI is InChI=1S/C26H24N2O8S2/c1-2-18(14-25-27(17-37(29,30)31)21-10-6-7-11-23(21)35-25)15-26-28(38(32,33)34)22-16-20(12-13-24(22)36-26)19-8-4-3-5-9-19/h3-16,25H,2,17H2,1H3,(H,29,30,31)(H,32,33,34)/b18-14+,26-15-. The highest BCUT2D eigenvalue weighted by atomic mass is 32.2. The van der Waals surface area contributed by atoms with Crippen molar-refractivity contribution in [3.05, 3.63) is 96.4 Å². The van der Waals surface area contributed by atoms with E-state index in [-0.39, 0.29) is 17.3 Å². The fourth-order valence-electron chi connectivity index (χ4n) is 4.35. The van der Waals surface area contributed by atoms with Crippen LogP contribution in [0.2, 0.25) is 0 Å². The van der Waals surface area contributed by atoms with Gasteiger partial charge in [-0.15, -0.1) is 0 Å². The highest BCUT2D eigenvalue weighted by molar-refractivity contribution is 7.87. The van der Waals surface area contributed by atoms with Gasteiger partial charge in [-0.05, 0) is 53.5 Å². The molecule has 3 aromatic carbocycles. The van der Waals surface area contributed by atoms with Crippen LogP contribution in [0, 0.1) is 0 Å². The van der Waals surface area contributed by atoms with Gasteiger partial charge in [0, 0.05) is 6.08 Å². The van der Waals surface area contributed by atoms with Crippen molar-refractivity contribution < 1.29 is 35.4 Å². The molecule has 0 saturated carbocycles. The van der Waals surface area contributed by atoms with E-state index in [9.17, 15) is 25.9 Å². The SMILES string of the molecule is CCC(/C=C1\Oc2ccc(-c3ccccc3)cc2N1S(=O)(=O)O)=C\C1Oc2ccccc2N1CS(=O)(=O)O. The zero-order chi connectivity index (χ0) is 27.1. The first-order valence-corrected chi connectivity index (χ1v) is 14.6. The second-order valence-electron chi connectivity index (χ2n) is 8.63. The molecular weight excluding hydrogens is 532 g/mol. The molecule has 2 aliphatic heterocycles. The molecule has 0 radical (unpaired) electrons. The topological polar surface area (TPSA) is 134 Å². The molecule has 1 unspecified atom stereocenters. The number of para-hydroxylation sites is 2. The summed E-state index contributed by atoms with van der Waals surface area (Å²) in [6, 6.07) is 21.1. The van der Waals surface area contributed by atoms with Gasteiger partial charge in [0.25, 0.3) is 10.1 Å². The van der Waals surface area contributed by atoms with Gasteiger partial charge in [-0.3, -0.25) is 9.11 Å². The fourth-order valence-corrected chi connectivity index (χ4v) is 5.70. The normalized spacial score (nSPS) is 18.2. The molecule has 0 bridgehead atoms. The van der Waals surface area contributed by atoms with Crippen molar-refractivity contribution in [1.82, 2.24) is 0 Å². The average Bonchev–Trinajstić information content (AvgIpc) is 3.40. The number of rotatable bonds is 7. The zero-order valence-electron chi connectivity index (χ0n) is 20.1. The Morgan fingerprint density at radius 3 is 2.29 bits per heavy atom. The van der Waals surface area contributed by atoms with Gasteiger partial charge in [-0.25, -0.2) is 0 Å². The maximum absolute atomic E-state index is 12.4. The maximum Gasteiger partial charge on any atom is 0.366 e. The van der Waals surface area contributed by atoms with Gasteiger partial charge >= 0.3 is 10.3 Å². The third-order valence-corrected chi connectivity index (χ3v) is 7.48. The Labute approximate surface area is 220 Å². The Hall–Kier alpha value is -3.84. The van der Waals surface area contributed by atoms with Gasteiger partial charge in [0.15, 0.2) is 12.0 Å². The Balaban J connectivity index is 1.52. The van der Waals surface area contributed by atoms with Crippen LogP contribution in [0.5, 0.6) is 11.5 Å². The number of benzene rings is 3. The predicted molar refractivity (Wildman–Crippen MR) is 143 cm³/mol. The molecule has 2 N–H and O–H groups in total. The molecule has 38 heavy (non-hydrogen) atoms. The molecule has 0 amide bonds. The van der Waals surface area contributed by atoms with E-state index >= 15 is 0 Å². The quantitative estimate of drug-likeness (QED) is 0.400. The van der Waals surface area contributed by atoms with E-state index < -0.39 is 32.5 Å². The van der Waals surface area contributed by atoms with Gasteiger partial charge in [0.05, 0.1) is 5.69 Å². The average molecular weight is 557 g/mol. The maximum atomic E-state index is 12.4. The smallest absolute Gasteiger partial charge is 0.366 e. The molecule has 2 heterocycles. The van der Waals surface area contributed by atoms with E-state index in [4.69, 9.17) is 9.47 Å². The summed E-state index contributed by atoms with van der Waals surface area (Å²) in [5, 5.41) is 0. The first kappa shape index (κ1) is 25.8. The van der Waals surface area contributed by atoms with E-state index in [0.29, 0.717) is 27.7 Å². The Morgan fingerprint density at radius 2 is 1.61 bits per heavy atom. The van der Waals surface area contributed by atoms with Crippen LogP contribution in [-0.4, -0.2) is 38.0 Å². The monoisotopic (exact) mass is 556 g/mol. The number of allylic oxidation sites excluding steroid dienone is 2. The Morgan fingerprint density at radius 1 is 0.895 bits per heavy atom. The number of nitrogens with zero attached hydrogens (tertiary/aromatic N) is 2. The second-order valence-corrected chi connectivity index (χ2v) is 11.3. The molecule has 0 fully saturated rings. The third-order valence-electron chi connectivity index (χ3n) is 6.04. The van der Waals surface area contributed by atoms with Crippen molar-refractivity contribution in [3.8, 4) is 22.6 Å². The van der Waals surface area contributed by atoms with Crippen molar-refractivity contribution in [3.63, 3.8) is 0 Å². The van der Waals surface area contributed by atoms with Crippen LogP contribution < -0.4 is 18.7 Å². The number of fused-ring (bicyclic) bond motifs is 2. The number of hydrogen-bond acceptors (Lipinski definition) is 7. The summed E-state index contributed by atoms with van der Waals surface area (Å²) >= 11 is 0. The minimum Gasteiger partial charge on any atom is -0.465 e. The van der Waals surface area contributed by atoms with Crippen LogP contribution in [0.25, 0.3) is 11.1 Å². The Kier molecular flexibility index (Phi) is 6.65. The molecule has 5 rings (SSSR count). The van der Waals surface area contributed by atoms with Crippen LogP contribution >= 0.6 is 0 Å². The summed E-state index contributed by atoms with van der Waals surface area (Å²) in [7, 11) is -9.15. The summed E-state index contributed by atoms with van der Waals surface area (Å²) in [6.45, 7) is 1.81. The largest absolute Gasteiger partial charge is 0.465 e.